The van der Waals surface area contributed by atoms with Crippen molar-refractivity contribution >= 4 is 39.1 Å². The molecule has 0 saturated heterocycles. The number of fused-ring (bicyclic) bond motifs is 3. The number of hydrogen-bond acceptors (Lipinski definition) is 5. The molecule has 3 heterocycles. The SMILES string of the molecule is C[NH+]1CCc2c(sc3nc(NN)n(-c4ccc(Cl)cc4)c(=O)c23)C1. The van der Waals surface area contributed by atoms with Gasteiger partial charge in [0, 0.05) is 11.4 Å². The summed E-state index contributed by atoms with van der Waals surface area (Å²) in [6.45, 7) is 1.96. The Kier molecular flexibility index (Phi) is 3.80. The highest BCUT2D eigenvalue weighted by atomic mass is 35.5. The van der Waals surface area contributed by atoms with E-state index in [0.717, 1.165) is 35.3 Å². The number of aromatic nitrogens is 2. The number of likely N-dealkylation sites (N-methyl/N-ethyl adjacent to an activating group) is 1. The van der Waals surface area contributed by atoms with Crippen LogP contribution in [-0.4, -0.2) is 23.1 Å². The third kappa shape index (κ3) is 2.41. The molecule has 1 unspecified atom stereocenters. The molecule has 1 atom stereocenters. The van der Waals surface area contributed by atoms with E-state index in [-0.39, 0.29) is 5.56 Å². The van der Waals surface area contributed by atoms with Gasteiger partial charge in [-0.15, -0.1) is 11.3 Å². The number of quaternary nitrogens is 1. The van der Waals surface area contributed by atoms with Gasteiger partial charge < -0.3 is 4.90 Å². The number of nitrogens with one attached hydrogen (secondary N) is 2. The van der Waals surface area contributed by atoms with Crippen LogP contribution in [0, 0.1) is 0 Å². The summed E-state index contributed by atoms with van der Waals surface area (Å²) in [6, 6.07) is 7.06. The molecule has 4 N–H and O–H groups in total. The zero-order chi connectivity index (χ0) is 16.8. The summed E-state index contributed by atoms with van der Waals surface area (Å²) in [4.78, 5) is 21.2. The highest BCUT2D eigenvalue weighted by molar-refractivity contribution is 7.18. The lowest BCUT2D eigenvalue weighted by Crippen LogP contribution is -3.08. The average molecular weight is 363 g/mol. The van der Waals surface area contributed by atoms with Gasteiger partial charge in [0.2, 0.25) is 5.95 Å². The van der Waals surface area contributed by atoms with Gasteiger partial charge in [-0.25, -0.2) is 15.4 Å². The number of nitrogens with zero attached hydrogens (tertiary/aromatic N) is 2. The van der Waals surface area contributed by atoms with Crippen molar-refractivity contribution in [2.45, 2.75) is 13.0 Å². The second-order valence-corrected chi connectivity index (χ2v) is 7.53. The number of benzene rings is 1. The molecule has 0 spiro atoms. The molecule has 1 aliphatic heterocycles. The minimum absolute atomic E-state index is 0.0904. The van der Waals surface area contributed by atoms with Gasteiger partial charge in [0.25, 0.3) is 5.56 Å². The van der Waals surface area contributed by atoms with Crippen molar-refractivity contribution in [2.75, 3.05) is 19.0 Å². The average Bonchev–Trinajstić information content (AvgIpc) is 2.93. The summed E-state index contributed by atoms with van der Waals surface area (Å²) >= 11 is 7.55. The zero-order valence-electron chi connectivity index (χ0n) is 13.1. The quantitative estimate of drug-likeness (QED) is 0.468. The number of nitrogens with two attached hydrogens (primary N) is 1. The van der Waals surface area contributed by atoms with Crippen LogP contribution >= 0.6 is 22.9 Å². The van der Waals surface area contributed by atoms with E-state index < -0.39 is 0 Å². The van der Waals surface area contributed by atoms with Gasteiger partial charge in [-0.3, -0.25) is 10.2 Å². The Balaban J connectivity index is 2.01. The van der Waals surface area contributed by atoms with Crippen molar-refractivity contribution in [1.82, 2.24) is 9.55 Å². The first-order valence-corrected chi connectivity index (χ1v) is 8.89. The molecule has 6 nitrogen and oxygen atoms in total. The molecule has 24 heavy (non-hydrogen) atoms. The summed E-state index contributed by atoms with van der Waals surface area (Å²) < 4.78 is 1.51. The topological polar surface area (TPSA) is 77.4 Å². The Morgan fingerprint density at radius 2 is 2.12 bits per heavy atom. The molecule has 0 amide bonds. The van der Waals surface area contributed by atoms with Crippen LogP contribution in [0.25, 0.3) is 15.9 Å². The summed E-state index contributed by atoms with van der Waals surface area (Å²) in [5.41, 5.74) is 4.29. The predicted molar refractivity (Wildman–Crippen MR) is 97.2 cm³/mol. The van der Waals surface area contributed by atoms with Crippen LogP contribution in [0.1, 0.15) is 10.4 Å². The fourth-order valence-electron chi connectivity index (χ4n) is 3.19. The Labute approximate surface area is 147 Å². The summed E-state index contributed by atoms with van der Waals surface area (Å²) in [5.74, 6) is 5.95. The van der Waals surface area contributed by atoms with Gasteiger partial charge in [-0.2, -0.15) is 0 Å². The van der Waals surface area contributed by atoms with Crippen LogP contribution in [0.5, 0.6) is 0 Å². The highest BCUT2D eigenvalue weighted by Crippen LogP contribution is 2.30. The first-order chi connectivity index (χ1) is 11.6. The van der Waals surface area contributed by atoms with Crippen molar-refractivity contribution in [3.8, 4) is 5.69 Å². The molecule has 0 bridgehead atoms. The molecule has 3 aromatic rings. The number of halogens is 1. The maximum Gasteiger partial charge on any atom is 0.268 e. The molecular weight excluding hydrogens is 346 g/mol. The van der Waals surface area contributed by atoms with Crippen LogP contribution in [0.4, 0.5) is 5.95 Å². The number of nitrogen functional groups attached to an aromatic ring is 1. The lowest BCUT2D eigenvalue weighted by atomic mass is 10.1. The van der Waals surface area contributed by atoms with Gasteiger partial charge in [0.05, 0.1) is 29.5 Å². The normalized spacial score (nSPS) is 17.0. The second kappa shape index (κ2) is 5.86. The number of hydrogen-bond donors (Lipinski definition) is 3. The van der Waals surface area contributed by atoms with Crippen LogP contribution in [0.2, 0.25) is 5.02 Å². The molecule has 4 rings (SSSR count). The number of rotatable bonds is 2. The number of anilines is 1. The third-order valence-electron chi connectivity index (χ3n) is 4.39. The van der Waals surface area contributed by atoms with E-state index in [0.29, 0.717) is 16.7 Å². The lowest BCUT2D eigenvalue weighted by molar-refractivity contribution is -0.895. The Morgan fingerprint density at radius 3 is 2.83 bits per heavy atom. The first kappa shape index (κ1) is 15.6. The number of hydrazine groups is 1. The molecule has 0 fully saturated rings. The molecule has 124 valence electrons. The standard InChI is InChI=1S/C16H16ClN5OS/c1-21-7-6-11-12(8-21)24-14-13(11)15(23)22(16(19-14)20-18)10-4-2-9(17)3-5-10/h2-5H,6-8,18H2,1H3,(H,19,20)/p+1. The van der Waals surface area contributed by atoms with Crippen molar-refractivity contribution in [3.05, 3.63) is 50.1 Å². The minimum atomic E-state index is -0.0904. The van der Waals surface area contributed by atoms with Gasteiger partial charge in [0.15, 0.2) is 0 Å². The molecule has 0 saturated carbocycles. The van der Waals surface area contributed by atoms with E-state index in [1.807, 2.05) is 0 Å². The minimum Gasteiger partial charge on any atom is -0.333 e. The lowest BCUT2D eigenvalue weighted by Gasteiger charge is -2.19. The van der Waals surface area contributed by atoms with E-state index in [4.69, 9.17) is 17.4 Å². The highest BCUT2D eigenvalue weighted by Gasteiger charge is 2.25. The van der Waals surface area contributed by atoms with Crippen molar-refractivity contribution in [3.63, 3.8) is 0 Å². The molecule has 0 radical (unpaired) electrons. The van der Waals surface area contributed by atoms with Gasteiger partial charge in [-0.05, 0) is 29.8 Å². The molecule has 2 aromatic heterocycles. The second-order valence-electron chi connectivity index (χ2n) is 6.01. The van der Waals surface area contributed by atoms with Crippen molar-refractivity contribution in [1.29, 1.82) is 0 Å². The van der Waals surface area contributed by atoms with Crippen LogP contribution in [0.15, 0.2) is 29.1 Å². The summed E-state index contributed by atoms with van der Waals surface area (Å²) in [7, 11) is 2.17. The van der Waals surface area contributed by atoms with Gasteiger partial charge in [0.1, 0.15) is 11.4 Å². The van der Waals surface area contributed by atoms with Gasteiger partial charge in [-0.1, -0.05) is 11.6 Å². The molecule has 0 aliphatic carbocycles. The van der Waals surface area contributed by atoms with E-state index in [2.05, 4.69) is 17.5 Å². The third-order valence-corrected chi connectivity index (χ3v) is 5.76. The molecule has 1 aromatic carbocycles. The molecular formula is C16H17ClN5OS+. The largest absolute Gasteiger partial charge is 0.333 e. The van der Waals surface area contributed by atoms with Crippen LogP contribution in [0.3, 0.4) is 0 Å². The van der Waals surface area contributed by atoms with Crippen molar-refractivity contribution < 1.29 is 4.90 Å². The molecule has 1 aliphatic rings. The monoisotopic (exact) mass is 362 g/mol. The van der Waals surface area contributed by atoms with Gasteiger partial charge >= 0.3 is 0 Å². The van der Waals surface area contributed by atoms with Crippen LogP contribution < -0.4 is 21.7 Å². The zero-order valence-corrected chi connectivity index (χ0v) is 14.7. The van der Waals surface area contributed by atoms with E-state index in [1.54, 1.807) is 35.6 Å². The van der Waals surface area contributed by atoms with Crippen LogP contribution in [-0.2, 0) is 13.0 Å². The van der Waals surface area contributed by atoms with Crippen molar-refractivity contribution in [2.24, 2.45) is 5.84 Å². The van der Waals surface area contributed by atoms with E-state index >= 15 is 0 Å². The maximum absolute atomic E-state index is 13.2. The fraction of sp³-hybridized carbons (Fsp3) is 0.250. The summed E-state index contributed by atoms with van der Waals surface area (Å²) in [5, 5.41) is 1.33. The smallest absolute Gasteiger partial charge is 0.268 e. The molecule has 8 heteroatoms. The Hall–Kier alpha value is -1.93. The Morgan fingerprint density at radius 1 is 1.38 bits per heavy atom. The number of thiophene rings is 1. The fourth-order valence-corrected chi connectivity index (χ4v) is 4.64. The predicted octanol–water partition coefficient (Wildman–Crippen LogP) is 0.957. The maximum atomic E-state index is 13.2. The van der Waals surface area contributed by atoms with E-state index in [9.17, 15) is 4.79 Å². The Bertz CT molecular complexity index is 979. The van der Waals surface area contributed by atoms with E-state index in [1.165, 1.54) is 14.3 Å². The first-order valence-electron chi connectivity index (χ1n) is 7.69. The summed E-state index contributed by atoms with van der Waals surface area (Å²) in [6.07, 6.45) is 0.897.